The fourth-order valence-electron chi connectivity index (χ4n) is 7.94. The van der Waals surface area contributed by atoms with Gasteiger partial charge in [0, 0.05) is 20.3 Å². The van der Waals surface area contributed by atoms with Gasteiger partial charge in [0.15, 0.2) is 18.9 Å². The topological polar surface area (TPSA) is 493 Å². The molecule has 0 radical (unpaired) electrons. The third-order valence-electron chi connectivity index (χ3n) is 11.7. The molecule has 67 heavy (non-hydrogen) atoms. The molecule has 30 heteroatoms. The molecule has 0 aromatic heterocycles. The standard InChI is InChI=1S/C37H64N2O28/c1-10-20(49)25(54)27(56)34(61-10)66-31-19(39-12(3)45)33(63-18(8-43)30(31)65-35-28(57)26(55)24(53)17(7-42)62-35)64-29(13(5-40)38-11(2)44)23(52)16(48)9-60-37(36(58)59)4-14(46)21(50)32(67-37)22(51)15(47)6-41/h10,13-35,40-43,46-57H,4-9H2,1-3H3,(H,38,44)(H,39,45)(H,58,59)/t10-,13+,14+,15-,16-,17-,18-,19-,20+,21-,22-,23+,24+,25+,26+,27-,28-,29-,30-,31-,32-,33+,34-,35+,37-/m1/s1. The van der Waals surface area contributed by atoms with E-state index in [1.807, 2.05) is 0 Å². The van der Waals surface area contributed by atoms with Crippen LogP contribution in [-0.4, -0.2) is 290 Å². The molecule has 2 amide bonds. The summed E-state index contributed by atoms with van der Waals surface area (Å²) in [5.41, 5.74) is 0. The molecule has 19 N–H and O–H groups in total. The van der Waals surface area contributed by atoms with Gasteiger partial charge in [-0.15, -0.1) is 0 Å². The fraction of sp³-hybridized carbons (Fsp3) is 0.919. The van der Waals surface area contributed by atoms with Gasteiger partial charge in [0.05, 0.1) is 51.3 Å². The first kappa shape index (κ1) is 57.0. The van der Waals surface area contributed by atoms with Crippen LogP contribution in [0.5, 0.6) is 0 Å². The molecule has 4 heterocycles. The minimum atomic E-state index is -3.05. The predicted molar refractivity (Wildman–Crippen MR) is 208 cm³/mol. The van der Waals surface area contributed by atoms with Gasteiger partial charge in [0.25, 0.3) is 5.79 Å². The molecule has 25 atom stereocenters. The Labute approximate surface area is 380 Å². The summed E-state index contributed by atoms with van der Waals surface area (Å²) in [7, 11) is 0. The summed E-state index contributed by atoms with van der Waals surface area (Å²) in [4.78, 5) is 37.8. The van der Waals surface area contributed by atoms with Crippen molar-refractivity contribution < 1.29 is 139 Å². The highest BCUT2D eigenvalue weighted by atomic mass is 16.8. The summed E-state index contributed by atoms with van der Waals surface area (Å²) in [6.45, 7) is -2.34. The molecule has 0 bridgehead atoms. The highest BCUT2D eigenvalue weighted by Gasteiger charge is 2.58. The third-order valence-corrected chi connectivity index (χ3v) is 11.7. The van der Waals surface area contributed by atoms with Crippen molar-refractivity contribution in [2.45, 2.75) is 180 Å². The number of nitrogens with one attached hydrogen (secondary N) is 2. The zero-order chi connectivity index (χ0) is 50.4. The van der Waals surface area contributed by atoms with E-state index >= 15 is 0 Å². The highest BCUT2D eigenvalue weighted by Crippen LogP contribution is 2.36. The number of carbonyl (C=O) groups excluding carboxylic acids is 2. The van der Waals surface area contributed by atoms with E-state index in [-0.39, 0.29) is 0 Å². The summed E-state index contributed by atoms with van der Waals surface area (Å²) < 4.78 is 45.8. The lowest BCUT2D eigenvalue weighted by atomic mass is 9.90. The van der Waals surface area contributed by atoms with Gasteiger partial charge in [-0.3, -0.25) is 9.59 Å². The lowest BCUT2D eigenvalue weighted by Gasteiger charge is -2.51. The SMILES string of the molecule is CC(=O)N[C@H]1[C@H](O[C@@H]([C@@H](O)[C@H](O)CO[C@]2(C(=O)O)C[C@H](O)[C@@H](O)[C@H]([C@H](O)[C@H](O)CO)O2)[C@H](CO)NC(C)=O)O[C@H](CO)[C@@H](O[C@@H]2O[C@H](CO)[C@H](O)[C@H](O)[C@H]2O)[C@@H]1O[C@H]1O[C@H](C)[C@H](O)[C@H](O)[C@H]1O. The van der Waals surface area contributed by atoms with E-state index in [1.165, 1.54) is 6.92 Å². The summed E-state index contributed by atoms with van der Waals surface area (Å²) >= 11 is 0. The van der Waals surface area contributed by atoms with Crippen LogP contribution in [0, 0.1) is 0 Å². The van der Waals surface area contributed by atoms with E-state index < -0.39 is 210 Å². The summed E-state index contributed by atoms with van der Waals surface area (Å²) in [5.74, 6) is -6.86. The molecule has 30 nitrogen and oxygen atoms in total. The van der Waals surface area contributed by atoms with Crippen LogP contribution in [0.4, 0.5) is 0 Å². The van der Waals surface area contributed by atoms with E-state index in [0.29, 0.717) is 0 Å². The van der Waals surface area contributed by atoms with Crippen LogP contribution in [0.1, 0.15) is 27.2 Å². The van der Waals surface area contributed by atoms with Crippen LogP contribution < -0.4 is 10.6 Å². The molecule has 4 aliphatic heterocycles. The number of carboxylic acids is 1. The van der Waals surface area contributed by atoms with Crippen LogP contribution in [0.15, 0.2) is 0 Å². The minimum Gasteiger partial charge on any atom is -0.477 e. The van der Waals surface area contributed by atoms with Crippen LogP contribution in [0.3, 0.4) is 0 Å². The van der Waals surface area contributed by atoms with E-state index in [1.54, 1.807) is 0 Å². The Morgan fingerprint density at radius 3 is 1.79 bits per heavy atom. The maximum Gasteiger partial charge on any atom is 0.364 e. The number of aliphatic hydroxyl groups excluding tert-OH is 16. The lowest BCUT2D eigenvalue weighted by molar-refractivity contribution is -0.377. The Hall–Kier alpha value is -2.55. The molecule has 4 fully saturated rings. The number of aliphatic hydroxyl groups is 16. The Morgan fingerprint density at radius 1 is 0.687 bits per heavy atom. The first-order chi connectivity index (χ1) is 31.4. The van der Waals surface area contributed by atoms with Crippen molar-refractivity contribution in [2.24, 2.45) is 0 Å². The monoisotopic (exact) mass is 984 g/mol. The molecule has 0 unspecified atom stereocenters. The number of aliphatic carboxylic acids is 1. The predicted octanol–water partition coefficient (Wildman–Crippen LogP) is -11.8. The van der Waals surface area contributed by atoms with Gasteiger partial charge < -0.3 is 135 Å². The highest BCUT2D eigenvalue weighted by molar-refractivity contribution is 5.76. The minimum absolute atomic E-state index is 0.878. The van der Waals surface area contributed by atoms with Crippen molar-refractivity contribution in [1.29, 1.82) is 0 Å². The number of carboxylic acid groups (broad SMARTS) is 1. The van der Waals surface area contributed by atoms with Crippen molar-refractivity contribution in [2.75, 3.05) is 33.0 Å². The van der Waals surface area contributed by atoms with Gasteiger partial charge in [0.1, 0.15) is 110 Å². The van der Waals surface area contributed by atoms with Crippen LogP contribution in [0.2, 0.25) is 0 Å². The molecular formula is C37H64N2O28. The second kappa shape index (κ2) is 24.5. The molecule has 0 aliphatic carbocycles. The zero-order valence-corrected chi connectivity index (χ0v) is 36.2. The van der Waals surface area contributed by atoms with Crippen molar-refractivity contribution in [1.82, 2.24) is 10.6 Å². The molecule has 0 spiro atoms. The summed E-state index contributed by atoms with van der Waals surface area (Å²) in [6, 6.07) is -3.64. The Bertz CT molecular complexity index is 1590. The van der Waals surface area contributed by atoms with Gasteiger partial charge in [0.2, 0.25) is 11.8 Å². The molecule has 0 aromatic rings. The molecule has 0 aromatic carbocycles. The maximum atomic E-state index is 12.9. The number of hydrogen-bond acceptors (Lipinski definition) is 27. The molecule has 0 saturated carbocycles. The van der Waals surface area contributed by atoms with E-state index in [9.17, 15) is 101 Å². The molecular weight excluding hydrogens is 920 g/mol. The van der Waals surface area contributed by atoms with Crippen LogP contribution >= 0.6 is 0 Å². The van der Waals surface area contributed by atoms with Gasteiger partial charge >= 0.3 is 5.97 Å². The fourth-order valence-corrected chi connectivity index (χ4v) is 7.94. The zero-order valence-electron chi connectivity index (χ0n) is 36.2. The lowest BCUT2D eigenvalue weighted by Crippen LogP contribution is -2.70. The third kappa shape index (κ3) is 13.1. The van der Waals surface area contributed by atoms with Gasteiger partial charge in [-0.05, 0) is 6.92 Å². The summed E-state index contributed by atoms with van der Waals surface area (Å²) in [5, 5.41) is 183. The first-order valence-corrected chi connectivity index (χ1v) is 21.0. The Kier molecular flexibility index (Phi) is 20.9. The summed E-state index contributed by atoms with van der Waals surface area (Å²) in [6.07, 6.45) is -44.7. The average Bonchev–Trinajstić information content (AvgIpc) is 3.28. The smallest absolute Gasteiger partial charge is 0.364 e. The second-order valence-corrected chi connectivity index (χ2v) is 16.6. The molecule has 4 aliphatic rings. The van der Waals surface area contributed by atoms with E-state index in [2.05, 4.69) is 10.6 Å². The van der Waals surface area contributed by atoms with Gasteiger partial charge in [-0.1, -0.05) is 0 Å². The number of amides is 2. The average molecular weight is 985 g/mol. The Morgan fingerprint density at radius 2 is 1.25 bits per heavy atom. The molecule has 4 rings (SSSR count). The van der Waals surface area contributed by atoms with Crippen LogP contribution in [0.25, 0.3) is 0 Å². The van der Waals surface area contributed by atoms with Crippen molar-refractivity contribution in [3.63, 3.8) is 0 Å². The van der Waals surface area contributed by atoms with E-state index in [4.69, 9.17) is 37.9 Å². The van der Waals surface area contributed by atoms with Crippen LogP contribution in [-0.2, 0) is 52.3 Å². The van der Waals surface area contributed by atoms with Crippen molar-refractivity contribution in [3.8, 4) is 0 Å². The second-order valence-electron chi connectivity index (χ2n) is 16.6. The first-order valence-electron chi connectivity index (χ1n) is 21.0. The number of rotatable bonds is 21. The number of hydrogen-bond donors (Lipinski definition) is 19. The number of carbonyl (C=O) groups is 3. The Balaban J connectivity index is 1.75. The molecule has 4 saturated heterocycles. The van der Waals surface area contributed by atoms with Gasteiger partial charge in [-0.25, -0.2) is 4.79 Å². The number of ether oxygens (including phenoxy) is 8. The van der Waals surface area contributed by atoms with Crippen molar-refractivity contribution >= 4 is 17.8 Å². The largest absolute Gasteiger partial charge is 0.477 e. The van der Waals surface area contributed by atoms with Gasteiger partial charge in [-0.2, -0.15) is 0 Å². The molecule has 390 valence electrons. The maximum absolute atomic E-state index is 12.9. The quantitative estimate of drug-likeness (QED) is 0.0508. The van der Waals surface area contributed by atoms with E-state index in [0.717, 1.165) is 13.8 Å². The normalized spacial score (nSPS) is 42.1. The van der Waals surface area contributed by atoms with Crippen molar-refractivity contribution in [3.05, 3.63) is 0 Å².